The number of carbonyl (C=O) groups excluding carboxylic acids is 1. The first-order chi connectivity index (χ1) is 11.9. The lowest BCUT2D eigenvalue weighted by Crippen LogP contribution is -2.31. The van der Waals surface area contributed by atoms with Crippen LogP contribution in [0.5, 0.6) is 0 Å². The molecule has 0 atom stereocenters. The molecule has 25 heavy (non-hydrogen) atoms. The summed E-state index contributed by atoms with van der Waals surface area (Å²) in [6.45, 7) is 1.28. The standard InChI is InChI=1S/C17H22N4O3S/c1-21(2)11-10-19-17(22)14-6-5-8-16(12-14)25(23,24)20-13-15-7-3-4-9-18-15/h3-9,12,20H,10-11,13H2,1-2H3,(H,19,22). The maximum absolute atomic E-state index is 12.4. The van der Waals surface area contributed by atoms with Gasteiger partial charge in [0.25, 0.3) is 5.91 Å². The highest BCUT2D eigenvalue weighted by Crippen LogP contribution is 2.12. The van der Waals surface area contributed by atoms with E-state index in [-0.39, 0.29) is 17.3 Å². The van der Waals surface area contributed by atoms with E-state index in [0.29, 0.717) is 24.3 Å². The molecule has 0 aliphatic rings. The first-order valence-electron chi connectivity index (χ1n) is 7.81. The molecule has 0 saturated carbocycles. The van der Waals surface area contributed by atoms with Crippen LogP contribution >= 0.6 is 0 Å². The van der Waals surface area contributed by atoms with E-state index >= 15 is 0 Å². The van der Waals surface area contributed by atoms with Crippen LogP contribution in [0.2, 0.25) is 0 Å². The summed E-state index contributed by atoms with van der Waals surface area (Å²) in [4.78, 5) is 18.2. The van der Waals surface area contributed by atoms with E-state index in [2.05, 4.69) is 15.0 Å². The van der Waals surface area contributed by atoms with Gasteiger partial charge in [0.1, 0.15) is 0 Å². The zero-order valence-corrected chi connectivity index (χ0v) is 15.1. The summed E-state index contributed by atoms with van der Waals surface area (Å²) in [5, 5.41) is 2.76. The molecule has 0 fully saturated rings. The van der Waals surface area contributed by atoms with Crippen molar-refractivity contribution in [3.8, 4) is 0 Å². The van der Waals surface area contributed by atoms with Crippen LogP contribution in [0.3, 0.4) is 0 Å². The second-order valence-electron chi connectivity index (χ2n) is 5.73. The summed E-state index contributed by atoms with van der Waals surface area (Å²) in [5.74, 6) is -0.302. The lowest BCUT2D eigenvalue weighted by atomic mass is 10.2. The Kier molecular flexibility index (Phi) is 6.63. The number of aromatic nitrogens is 1. The normalized spacial score (nSPS) is 11.5. The van der Waals surface area contributed by atoms with Crippen molar-refractivity contribution < 1.29 is 13.2 Å². The molecule has 1 aromatic carbocycles. The highest BCUT2D eigenvalue weighted by Gasteiger charge is 2.16. The van der Waals surface area contributed by atoms with Crippen LogP contribution in [-0.4, -0.2) is 51.4 Å². The first-order valence-corrected chi connectivity index (χ1v) is 9.29. The van der Waals surface area contributed by atoms with Gasteiger partial charge in [0.05, 0.1) is 17.1 Å². The van der Waals surface area contributed by atoms with Crippen molar-refractivity contribution in [2.45, 2.75) is 11.4 Å². The molecule has 2 N–H and O–H groups in total. The number of hydrogen-bond acceptors (Lipinski definition) is 5. The second kappa shape index (κ2) is 8.70. The van der Waals surface area contributed by atoms with E-state index in [1.165, 1.54) is 12.1 Å². The van der Waals surface area contributed by atoms with Gasteiger partial charge >= 0.3 is 0 Å². The van der Waals surface area contributed by atoms with Crippen molar-refractivity contribution in [3.05, 3.63) is 59.9 Å². The average Bonchev–Trinajstić information content (AvgIpc) is 2.61. The fraction of sp³-hybridized carbons (Fsp3) is 0.294. The molecule has 0 spiro atoms. The zero-order valence-electron chi connectivity index (χ0n) is 14.3. The number of amides is 1. The summed E-state index contributed by atoms with van der Waals surface area (Å²) in [7, 11) is 0.0920. The molecule has 7 nitrogen and oxygen atoms in total. The SMILES string of the molecule is CN(C)CCNC(=O)c1cccc(S(=O)(=O)NCc2ccccn2)c1. The highest BCUT2D eigenvalue weighted by atomic mass is 32.2. The Labute approximate surface area is 148 Å². The minimum Gasteiger partial charge on any atom is -0.351 e. The van der Waals surface area contributed by atoms with Crippen LogP contribution in [0, 0.1) is 0 Å². The number of sulfonamides is 1. The number of likely N-dealkylation sites (N-methyl/N-ethyl adjacent to an activating group) is 1. The van der Waals surface area contributed by atoms with Gasteiger partial charge in [0.15, 0.2) is 0 Å². The first kappa shape index (κ1) is 19.0. The Morgan fingerprint density at radius 3 is 2.64 bits per heavy atom. The molecule has 0 unspecified atom stereocenters. The molecule has 134 valence electrons. The molecular formula is C17H22N4O3S. The zero-order chi connectivity index (χ0) is 18.3. The monoisotopic (exact) mass is 362 g/mol. The van der Waals surface area contributed by atoms with E-state index in [1.54, 1.807) is 36.5 Å². The van der Waals surface area contributed by atoms with Gasteiger partial charge < -0.3 is 10.2 Å². The minimum absolute atomic E-state index is 0.0451. The smallest absolute Gasteiger partial charge is 0.251 e. The molecule has 2 rings (SSSR count). The molecule has 1 aromatic heterocycles. The summed E-state index contributed by atoms with van der Waals surface area (Å²) in [6, 6.07) is 11.2. The van der Waals surface area contributed by atoms with Gasteiger partial charge in [-0.05, 0) is 44.4 Å². The number of rotatable bonds is 8. The van der Waals surface area contributed by atoms with Gasteiger partial charge in [-0.3, -0.25) is 9.78 Å². The molecule has 1 heterocycles. The lowest BCUT2D eigenvalue weighted by Gasteiger charge is -2.11. The number of nitrogens with zero attached hydrogens (tertiary/aromatic N) is 2. The second-order valence-corrected chi connectivity index (χ2v) is 7.50. The van der Waals surface area contributed by atoms with Crippen LogP contribution in [0.1, 0.15) is 16.1 Å². The van der Waals surface area contributed by atoms with Crippen LogP contribution in [-0.2, 0) is 16.6 Å². The van der Waals surface area contributed by atoms with Crippen LogP contribution in [0.15, 0.2) is 53.6 Å². The number of pyridine rings is 1. The predicted molar refractivity (Wildman–Crippen MR) is 95.6 cm³/mol. The van der Waals surface area contributed by atoms with Crippen molar-refractivity contribution >= 4 is 15.9 Å². The Morgan fingerprint density at radius 1 is 1.16 bits per heavy atom. The van der Waals surface area contributed by atoms with Gasteiger partial charge in [0, 0.05) is 24.8 Å². The summed E-state index contributed by atoms with van der Waals surface area (Å²) in [6.07, 6.45) is 1.60. The predicted octanol–water partition coefficient (Wildman–Crippen LogP) is 0.852. The molecular weight excluding hydrogens is 340 g/mol. The molecule has 0 aliphatic heterocycles. The minimum atomic E-state index is -3.73. The van der Waals surface area contributed by atoms with Gasteiger partial charge in [-0.25, -0.2) is 13.1 Å². The maximum atomic E-state index is 12.4. The van der Waals surface area contributed by atoms with Crippen molar-refractivity contribution in [1.82, 2.24) is 19.9 Å². The van der Waals surface area contributed by atoms with Gasteiger partial charge in [0.2, 0.25) is 10.0 Å². The van der Waals surface area contributed by atoms with E-state index in [9.17, 15) is 13.2 Å². The molecule has 0 aliphatic carbocycles. The van der Waals surface area contributed by atoms with Gasteiger partial charge in [-0.15, -0.1) is 0 Å². The Hall–Kier alpha value is -2.29. The topological polar surface area (TPSA) is 91.4 Å². The highest BCUT2D eigenvalue weighted by molar-refractivity contribution is 7.89. The third kappa shape index (κ3) is 5.93. The van der Waals surface area contributed by atoms with Crippen LogP contribution in [0.4, 0.5) is 0 Å². The summed E-state index contributed by atoms with van der Waals surface area (Å²) in [5.41, 5.74) is 0.920. The number of benzene rings is 1. The molecule has 1 amide bonds. The third-order valence-corrected chi connectivity index (χ3v) is 4.82. The summed E-state index contributed by atoms with van der Waals surface area (Å²) < 4.78 is 27.3. The number of carbonyl (C=O) groups is 1. The quantitative estimate of drug-likeness (QED) is 0.726. The van der Waals surface area contributed by atoms with Crippen molar-refractivity contribution in [2.24, 2.45) is 0 Å². The Balaban J connectivity index is 2.04. The molecule has 0 radical (unpaired) electrons. The lowest BCUT2D eigenvalue weighted by molar-refractivity contribution is 0.0951. The number of hydrogen-bond donors (Lipinski definition) is 2. The van der Waals surface area contributed by atoms with E-state index in [1.807, 2.05) is 19.0 Å². The Bertz CT molecular complexity index is 808. The van der Waals surface area contributed by atoms with E-state index in [0.717, 1.165) is 0 Å². The number of nitrogens with one attached hydrogen (secondary N) is 2. The van der Waals surface area contributed by atoms with Gasteiger partial charge in [-0.2, -0.15) is 0 Å². The van der Waals surface area contributed by atoms with Crippen molar-refractivity contribution in [2.75, 3.05) is 27.2 Å². The van der Waals surface area contributed by atoms with Crippen molar-refractivity contribution in [1.29, 1.82) is 0 Å². The summed E-state index contributed by atoms with van der Waals surface area (Å²) >= 11 is 0. The average molecular weight is 362 g/mol. The van der Waals surface area contributed by atoms with Gasteiger partial charge in [-0.1, -0.05) is 12.1 Å². The third-order valence-electron chi connectivity index (χ3n) is 3.42. The fourth-order valence-electron chi connectivity index (χ4n) is 2.05. The van der Waals surface area contributed by atoms with E-state index in [4.69, 9.17) is 0 Å². The van der Waals surface area contributed by atoms with Crippen LogP contribution in [0.25, 0.3) is 0 Å². The fourth-order valence-corrected chi connectivity index (χ4v) is 3.10. The molecule has 2 aromatic rings. The van der Waals surface area contributed by atoms with Crippen LogP contribution < -0.4 is 10.0 Å². The molecule has 8 heteroatoms. The molecule has 0 bridgehead atoms. The Morgan fingerprint density at radius 2 is 1.96 bits per heavy atom. The van der Waals surface area contributed by atoms with E-state index < -0.39 is 10.0 Å². The molecule has 0 saturated heterocycles. The van der Waals surface area contributed by atoms with Crippen molar-refractivity contribution in [3.63, 3.8) is 0 Å². The largest absolute Gasteiger partial charge is 0.351 e. The maximum Gasteiger partial charge on any atom is 0.251 e.